The number of nitro groups is 1. The molecule has 2 radical (unpaired) electrons. The summed E-state index contributed by atoms with van der Waals surface area (Å²) in [4.78, 5) is 17.4. The van der Waals surface area contributed by atoms with Crippen molar-refractivity contribution < 1.29 is 26.5 Å². The zero-order valence-electron chi connectivity index (χ0n) is 39.0. The molecule has 3 saturated heterocycles. The van der Waals surface area contributed by atoms with Crippen molar-refractivity contribution in [3.8, 4) is 0 Å². The van der Waals surface area contributed by atoms with Crippen LogP contribution in [-0.4, -0.2) is 104 Å². The van der Waals surface area contributed by atoms with E-state index in [9.17, 15) is 31.7 Å². The van der Waals surface area contributed by atoms with Gasteiger partial charge in [-0.05, 0) is 156 Å². The Labute approximate surface area is 408 Å². The average molecular weight is 1080 g/mol. The topological polar surface area (TPSA) is 125 Å². The van der Waals surface area contributed by atoms with E-state index in [0.29, 0.717) is 41.6 Å². The number of alkyl halides is 3. The second-order valence-electron chi connectivity index (χ2n) is 17.7. The van der Waals surface area contributed by atoms with E-state index in [0.717, 1.165) is 80.9 Å². The van der Waals surface area contributed by atoms with Crippen molar-refractivity contribution in [2.24, 2.45) is 0 Å². The van der Waals surface area contributed by atoms with E-state index >= 15 is 0 Å². The molecular weight excluding hydrogens is 1020 g/mol. The zero-order chi connectivity index (χ0) is 48.6. The number of nitrogens with zero attached hydrogens (tertiary/aromatic N) is 4. The van der Waals surface area contributed by atoms with Gasteiger partial charge in [0.2, 0.25) is 0 Å². The van der Waals surface area contributed by atoms with Crippen LogP contribution in [0.2, 0.25) is 0 Å². The van der Waals surface area contributed by atoms with Gasteiger partial charge in [0.25, 0.3) is 15.7 Å². The Morgan fingerprint density at radius 2 is 1.08 bits per heavy atom. The zero-order valence-corrected chi connectivity index (χ0v) is 44.2. The van der Waals surface area contributed by atoms with E-state index in [1.807, 2.05) is 36.4 Å². The summed E-state index contributed by atoms with van der Waals surface area (Å²) in [7, 11) is 5.76. The number of halogens is 5. The summed E-state index contributed by atoms with van der Waals surface area (Å²) >= 11 is -0.826. The van der Waals surface area contributed by atoms with Gasteiger partial charge in [0.1, 0.15) is 0 Å². The number of nitrogens with one attached hydrogen (secondary N) is 1. The van der Waals surface area contributed by atoms with Crippen LogP contribution in [0.5, 0.6) is 0 Å². The Bertz CT molecular complexity index is 2190. The van der Waals surface area contributed by atoms with Crippen molar-refractivity contribution in [1.29, 1.82) is 0 Å². The molecule has 4 aromatic rings. The first-order valence-corrected chi connectivity index (χ1v) is 31.6. The Kier molecular flexibility index (Phi) is 22.3. The van der Waals surface area contributed by atoms with E-state index < -0.39 is 45.5 Å². The monoisotopic (exact) mass is 1080 g/mol. The van der Waals surface area contributed by atoms with Crippen LogP contribution in [0.25, 0.3) is 0 Å². The standard InChI is InChI=1S/C21H25F3N2O2S.C14H20N2O2.C14H22N2.2ClH.Sn/c1-3-11-26-14-17(12-15(26)2)16-7-9-19(10-8-16)25-29(27,28)20-6-4-5-18(13-20)21(22,23)24;1-3-8-15-10-13(9-11(15)2)12-4-6-14(7-5-12)16(17)18;1-3-8-16-10-13(9-11(16)2)12-4-6-14(15)7-5-12;;;/h4-10,13,15,17,25H,3,11-12,14H2,1-2H3;4-7,11,13H,3,8-10H2,1-2H3;4-7,11,13H,3,8-10,15H2,1-2H3;2*1H;/q;;;;;+2/p-2/t15-,17-;2*11-,13-;;;/m111.../s1. The Hall–Kier alpha value is -3.12. The third-order valence-electron chi connectivity index (χ3n) is 12.7. The van der Waals surface area contributed by atoms with Gasteiger partial charge >= 0.3 is 42.9 Å². The summed E-state index contributed by atoms with van der Waals surface area (Å²) in [5.74, 6) is 1.61. The van der Waals surface area contributed by atoms with Gasteiger partial charge in [0.15, 0.2) is 0 Å². The maximum atomic E-state index is 12.9. The third kappa shape index (κ3) is 16.5. The quantitative estimate of drug-likeness (QED) is 0.0587. The number of nitrogens with two attached hydrogens (primary N) is 1. The van der Waals surface area contributed by atoms with E-state index in [1.165, 1.54) is 43.5 Å². The molecule has 0 saturated carbocycles. The van der Waals surface area contributed by atoms with Crippen molar-refractivity contribution in [3.05, 3.63) is 129 Å². The number of non-ortho nitro benzene ring substituents is 1. The molecule has 0 spiro atoms. The van der Waals surface area contributed by atoms with Gasteiger partial charge in [-0.2, -0.15) is 13.2 Å². The van der Waals surface area contributed by atoms with Crippen LogP contribution < -0.4 is 10.5 Å². The van der Waals surface area contributed by atoms with Crippen molar-refractivity contribution in [3.63, 3.8) is 0 Å². The molecule has 0 aromatic heterocycles. The minimum absolute atomic E-state index is 0.176. The molecule has 6 atom stereocenters. The van der Waals surface area contributed by atoms with Gasteiger partial charge < -0.3 is 20.4 Å². The van der Waals surface area contributed by atoms with Crippen LogP contribution in [0.3, 0.4) is 0 Å². The fraction of sp³-hybridized carbons (Fsp3) is 0.510. The number of hydrogen-bond donors (Lipinski definition) is 2. The van der Waals surface area contributed by atoms with Gasteiger partial charge in [0, 0.05) is 61.3 Å². The molecular formula is C49H67Cl2F3N6O4SSn. The number of rotatable bonds is 13. The molecule has 362 valence electrons. The first-order chi connectivity index (χ1) is 31.3. The number of likely N-dealkylation sites (tertiary alicyclic amines) is 3. The van der Waals surface area contributed by atoms with Crippen LogP contribution in [-0.2, 0) is 16.2 Å². The maximum absolute atomic E-state index is 12.9. The second-order valence-corrected chi connectivity index (χ2v) is 23.6. The van der Waals surface area contributed by atoms with Gasteiger partial charge in [-0.1, -0.05) is 63.2 Å². The summed E-state index contributed by atoms with van der Waals surface area (Å²) in [6.45, 7) is 20.1. The summed E-state index contributed by atoms with van der Waals surface area (Å²) < 4.78 is 65.9. The molecule has 3 fully saturated rings. The molecule has 4 aromatic carbocycles. The Morgan fingerprint density at radius 3 is 1.44 bits per heavy atom. The van der Waals surface area contributed by atoms with Gasteiger partial charge in [-0.15, -0.1) is 0 Å². The predicted molar refractivity (Wildman–Crippen MR) is 266 cm³/mol. The third-order valence-corrected chi connectivity index (χ3v) is 14.1. The second kappa shape index (κ2) is 26.6. The summed E-state index contributed by atoms with van der Waals surface area (Å²) in [5.41, 5.74) is 9.89. The number of benzene rings is 4. The van der Waals surface area contributed by atoms with E-state index in [2.05, 4.69) is 73.1 Å². The summed E-state index contributed by atoms with van der Waals surface area (Å²) in [6, 6.07) is 28.1. The summed E-state index contributed by atoms with van der Waals surface area (Å²) in [5, 5.41) is 10.6. The van der Waals surface area contributed by atoms with Crippen LogP contribution in [0.15, 0.2) is 102 Å². The molecule has 0 bridgehead atoms. The SMILES string of the molecule is CCCN1C[C@H](c2ccc(N)cc2)C[C@H]1C.CCCN1C[C@H](c2ccc(NS(=O)(=O)c3cccc(C(F)(F)F)c3)cc2)C[C@H]1C.CCCN1C[C@H](c2ccc([N+](=O)[O-])cc2)C[C@H]1C.[Cl][Sn][Cl]. The van der Waals surface area contributed by atoms with E-state index in [-0.39, 0.29) is 10.6 Å². The molecule has 3 aliphatic rings. The van der Waals surface area contributed by atoms with Gasteiger partial charge in [-0.3, -0.25) is 14.8 Å². The predicted octanol–water partition coefficient (Wildman–Crippen LogP) is 12.1. The first-order valence-electron chi connectivity index (χ1n) is 22.9. The van der Waals surface area contributed by atoms with E-state index in [4.69, 9.17) is 23.6 Å². The fourth-order valence-corrected chi connectivity index (χ4v) is 10.4. The molecule has 0 aliphatic carbocycles. The molecule has 10 nitrogen and oxygen atoms in total. The molecule has 0 unspecified atom stereocenters. The number of nitro benzene ring substituents is 1. The van der Waals surface area contributed by atoms with E-state index in [1.54, 1.807) is 24.3 Å². The fourth-order valence-electron chi connectivity index (χ4n) is 9.33. The van der Waals surface area contributed by atoms with Crippen molar-refractivity contribution in [1.82, 2.24) is 14.7 Å². The van der Waals surface area contributed by atoms with Crippen molar-refractivity contribution >= 4 is 63.8 Å². The molecule has 0 amide bonds. The first kappa shape index (κ1) is 55.5. The van der Waals surface area contributed by atoms with Crippen molar-refractivity contribution in [2.45, 2.75) is 127 Å². The molecule has 3 N–H and O–H groups in total. The van der Waals surface area contributed by atoms with Crippen LogP contribution in [0.1, 0.15) is 120 Å². The average Bonchev–Trinajstić information content (AvgIpc) is 3.97. The van der Waals surface area contributed by atoms with Crippen LogP contribution in [0.4, 0.5) is 30.2 Å². The summed E-state index contributed by atoms with van der Waals surface area (Å²) in [6.07, 6.45) is 2.41. The number of nitrogen functional groups attached to an aromatic ring is 1. The minimum atomic E-state index is -4.60. The normalized spacial score (nSPS) is 22.3. The number of anilines is 2. The van der Waals surface area contributed by atoms with Crippen LogP contribution in [0, 0.1) is 10.1 Å². The van der Waals surface area contributed by atoms with Gasteiger partial charge in [-0.25, -0.2) is 8.42 Å². The molecule has 66 heavy (non-hydrogen) atoms. The van der Waals surface area contributed by atoms with Crippen LogP contribution >= 0.6 is 17.8 Å². The molecule has 17 heteroatoms. The number of hydrogen-bond acceptors (Lipinski definition) is 8. The number of sulfonamides is 1. The molecule has 3 heterocycles. The molecule has 7 rings (SSSR count). The van der Waals surface area contributed by atoms with Gasteiger partial charge in [0.05, 0.1) is 15.4 Å². The Balaban J connectivity index is 0.000000222. The molecule has 3 aliphatic heterocycles. The Morgan fingerprint density at radius 1 is 0.697 bits per heavy atom. The van der Waals surface area contributed by atoms with Crippen molar-refractivity contribution in [2.75, 3.05) is 49.7 Å².